The summed E-state index contributed by atoms with van der Waals surface area (Å²) in [6, 6.07) is 9.97. The van der Waals surface area contributed by atoms with E-state index in [0.29, 0.717) is 66.6 Å². The minimum atomic E-state index is -4.61. The van der Waals surface area contributed by atoms with Crippen molar-refractivity contribution >= 4 is 58.9 Å². The van der Waals surface area contributed by atoms with Gasteiger partial charge in [-0.1, -0.05) is 95.7 Å². The van der Waals surface area contributed by atoms with Crippen molar-refractivity contribution < 1.29 is 61.0 Å². The number of halogens is 3. The fourth-order valence-electron chi connectivity index (χ4n) is 9.82. The van der Waals surface area contributed by atoms with Crippen LogP contribution in [0.3, 0.4) is 0 Å². The Bertz CT molecular complexity index is 2860. The SMILES string of the molecule is C=C(/C=C(\C)CN(CC(C)C)C(=O)[C@@H](C)/C=C(\C)CN(CC(C)C)C(=O)C(=C)/C=C(\CC)CNCc1ccc2c(c1)OCO2)C(=O)N(CC(=O)NCCCC(=O)N(CCN)CC(=O)N(CCN)CC(=O)CC(CSC)C(N)=O)Cc1ccc(C(F)(F)F)cc1. The van der Waals surface area contributed by atoms with E-state index in [1.165, 1.54) is 39.8 Å². The van der Waals surface area contributed by atoms with Gasteiger partial charge in [-0.15, -0.1) is 0 Å². The molecular weight excluding hydrogens is 1170 g/mol. The second kappa shape index (κ2) is 38.3. The van der Waals surface area contributed by atoms with Gasteiger partial charge in [-0.05, 0) is 92.3 Å². The molecule has 20 nitrogen and oxygen atoms in total. The Morgan fingerprint density at radius 1 is 0.730 bits per heavy atom. The number of benzene rings is 2. The lowest BCUT2D eigenvalue weighted by Crippen LogP contribution is -2.47. The molecular formula is C65H95F3N10O10S. The first-order valence-corrected chi connectivity index (χ1v) is 31.5. The van der Waals surface area contributed by atoms with Crippen molar-refractivity contribution in [2.45, 2.75) is 100 Å². The lowest BCUT2D eigenvalue weighted by molar-refractivity contribution is -0.142. The van der Waals surface area contributed by atoms with Crippen LogP contribution in [0.25, 0.3) is 0 Å². The number of hydrogen-bond acceptors (Lipinski definition) is 14. The fourth-order valence-corrected chi connectivity index (χ4v) is 10.5. The number of nitrogens with zero attached hydrogens (tertiary/aromatic N) is 5. The van der Waals surface area contributed by atoms with E-state index >= 15 is 0 Å². The summed E-state index contributed by atoms with van der Waals surface area (Å²) in [7, 11) is 0. The van der Waals surface area contributed by atoms with Gasteiger partial charge in [0.15, 0.2) is 17.3 Å². The van der Waals surface area contributed by atoms with Gasteiger partial charge >= 0.3 is 6.18 Å². The van der Waals surface area contributed by atoms with E-state index in [0.717, 1.165) is 33.7 Å². The number of amides is 7. The van der Waals surface area contributed by atoms with Crippen molar-refractivity contribution in [1.82, 2.24) is 35.1 Å². The molecule has 2 aromatic rings. The van der Waals surface area contributed by atoms with E-state index in [2.05, 4.69) is 23.8 Å². The molecule has 8 N–H and O–H groups in total. The van der Waals surface area contributed by atoms with Crippen LogP contribution in [0.1, 0.15) is 97.8 Å². The molecule has 0 bridgehead atoms. The number of carbonyl (C=O) groups is 8. The Morgan fingerprint density at radius 3 is 1.91 bits per heavy atom. The van der Waals surface area contributed by atoms with Gasteiger partial charge in [0.05, 0.1) is 30.5 Å². The highest BCUT2D eigenvalue weighted by atomic mass is 32.2. The van der Waals surface area contributed by atoms with Crippen molar-refractivity contribution in [3.63, 3.8) is 0 Å². The van der Waals surface area contributed by atoms with Crippen LogP contribution in [-0.4, -0.2) is 176 Å². The first-order valence-electron chi connectivity index (χ1n) is 30.1. The number of ether oxygens (including phenoxy) is 2. The summed E-state index contributed by atoms with van der Waals surface area (Å²) in [4.78, 5) is 115. The van der Waals surface area contributed by atoms with E-state index < -0.39 is 72.0 Å². The first-order chi connectivity index (χ1) is 42.0. The molecule has 492 valence electrons. The highest BCUT2D eigenvalue weighted by Crippen LogP contribution is 2.33. The standard InChI is InChI=1S/C65H95F3N10O10S/c1-12-50(31-72-32-52-17-20-56-57(29-52)88-42-87-56)28-49(10)64(86)77(34-44(4)5)36-45(6)26-47(8)62(84)76(33-43(2)3)35-46(7)27-48(9)63(85)78(37-51-15-18-54(19-16-51)65(66,67)68)39-58(80)73-23-13-14-59(81)75(25-22-70)40-60(82)74(24-21-69)38-55(79)30-53(41-89-11)61(71)83/h15-20,26-29,43-44,47,53,72H,9-10,12-14,21-25,30-42,69-70H2,1-8,11H3,(H2,71,83)(H,73,80)/b45-26+,46-27+,50-28+/t47-,53?/m0/s1. The van der Waals surface area contributed by atoms with Gasteiger partial charge in [-0.2, -0.15) is 24.9 Å². The van der Waals surface area contributed by atoms with Gasteiger partial charge in [0.2, 0.25) is 36.3 Å². The number of fused-ring (bicyclic) bond motifs is 1. The molecule has 0 fully saturated rings. The largest absolute Gasteiger partial charge is 0.454 e. The summed E-state index contributed by atoms with van der Waals surface area (Å²) >= 11 is 1.35. The van der Waals surface area contributed by atoms with Crippen LogP contribution in [-0.2, 0) is 57.6 Å². The van der Waals surface area contributed by atoms with Gasteiger partial charge < -0.3 is 61.8 Å². The average Bonchev–Trinajstić information content (AvgIpc) is 2.97. The number of hydrogen-bond donors (Lipinski definition) is 5. The minimum absolute atomic E-state index is 0.00420. The summed E-state index contributed by atoms with van der Waals surface area (Å²) < 4.78 is 51.5. The molecule has 89 heavy (non-hydrogen) atoms. The third-order valence-corrected chi connectivity index (χ3v) is 14.8. The molecule has 0 saturated heterocycles. The number of rotatable bonds is 40. The Hall–Kier alpha value is -7.28. The van der Waals surface area contributed by atoms with Crippen LogP contribution in [0.4, 0.5) is 13.2 Å². The van der Waals surface area contributed by atoms with Gasteiger partial charge in [0, 0.05) is 108 Å². The number of primary amides is 1. The van der Waals surface area contributed by atoms with E-state index in [4.69, 9.17) is 26.7 Å². The molecule has 7 amide bonds. The smallest absolute Gasteiger partial charge is 0.416 e. The molecule has 0 saturated carbocycles. The maximum absolute atomic E-state index is 14.3. The number of Topliss-reactive ketones (excluding diaryl/α,β-unsaturated/α-hetero) is 1. The zero-order valence-electron chi connectivity index (χ0n) is 53.4. The highest BCUT2D eigenvalue weighted by Gasteiger charge is 2.31. The van der Waals surface area contributed by atoms with E-state index in [9.17, 15) is 51.5 Å². The molecule has 0 aromatic heterocycles. The van der Waals surface area contributed by atoms with Crippen LogP contribution < -0.4 is 37.3 Å². The third kappa shape index (κ3) is 27.2. The third-order valence-electron chi connectivity index (χ3n) is 14.1. The topological polar surface area (TPSA) is 273 Å². The summed E-state index contributed by atoms with van der Waals surface area (Å²) in [6.45, 7) is 24.5. The van der Waals surface area contributed by atoms with Crippen molar-refractivity contribution in [1.29, 1.82) is 0 Å². The number of nitrogens with one attached hydrogen (secondary N) is 2. The van der Waals surface area contributed by atoms with Gasteiger partial charge in [0.1, 0.15) is 6.54 Å². The molecule has 1 heterocycles. The second-order valence-corrected chi connectivity index (χ2v) is 24.2. The van der Waals surface area contributed by atoms with Gasteiger partial charge in [0.25, 0.3) is 11.8 Å². The van der Waals surface area contributed by atoms with Crippen LogP contribution in [0, 0.1) is 23.7 Å². The summed E-state index contributed by atoms with van der Waals surface area (Å²) in [5.41, 5.74) is 20.1. The fraction of sp³-hybridized carbons (Fsp3) is 0.538. The van der Waals surface area contributed by atoms with Crippen LogP contribution in [0.2, 0.25) is 0 Å². The predicted molar refractivity (Wildman–Crippen MR) is 342 cm³/mol. The van der Waals surface area contributed by atoms with Gasteiger partial charge in [-0.25, -0.2) is 0 Å². The quantitative estimate of drug-likeness (QED) is 0.0209. The molecule has 0 radical (unpaired) electrons. The molecule has 0 aliphatic carbocycles. The molecule has 2 atom stereocenters. The van der Waals surface area contributed by atoms with Crippen LogP contribution in [0.5, 0.6) is 11.5 Å². The van der Waals surface area contributed by atoms with Gasteiger partial charge in [-0.3, -0.25) is 38.4 Å². The maximum Gasteiger partial charge on any atom is 0.416 e. The molecule has 1 aliphatic heterocycles. The molecule has 1 aliphatic rings. The van der Waals surface area contributed by atoms with E-state index in [1.807, 2.05) is 71.9 Å². The number of thioether (sulfide) groups is 1. The molecule has 24 heteroatoms. The van der Waals surface area contributed by atoms with Crippen molar-refractivity contribution in [2.24, 2.45) is 40.9 Å². The molecule has 2 aromatic carbocycles. The zero-order valence-corrected chi connectivity index (χ0v) is 54.3. The van der Waals surface area contributed by atoms with Crippen molar-refractivity contribution in [3.05, 3.63) is 118 Å². The van der Waals surface area contributed by atoms with E-state index in [-0.39, 0.29) is 114 Å². The normalized spacial score (nSPS) is 13.2. The lowest BCUT2D eigenvalue weighted by Gasteiger charge is -2.28. The Kier molecular flexibility index (Phi) is 32.7. The number of carbonyl (C=O) groups excluding carboxylic acids is 8. The number of ketones is 1. The van der Waals surface area contributed by atoms with Crippen molar-refractivity contribution in [3.8, 4) is 11.5 Å². The van der Waals surface area contributed by atoms with E-state index in [1.54, 1.807) is 29.9 Å². The summed E-state index contributed by atoms with van der Waals surface area (Å²) in [5, 5.41) is 6.13. The Labute approximate surface area is 527 Å². The minimum Gasteiger partial charge on any atom is -0.454 e. The lowest BCUT2D eigenvalue weighted by atomic mass is 10.0. The highest BCUT2D eigenvalue weighted by molar-refractivity contribution is 7.98. The molecule has 3 rings (SSSR count). The number of alkyl halides is 3. The van der Waals surface area contributed by atoms with Crippen LogP contribution in [0.15, 0.2) is 102 Å². The molecule has 1 unspecified atom stereocenters. The summed E-state index contributed by atoms with van der Waals surface area (Å²) in [5.74, 6) is -3.21. The monoisotopic (exact) mass is 1260 g/mol. The average molecular weight is 1270 g/mol. The summed E-state index contributed by atoms with van der Waals surface area (Å²) in [6.07, 6.45) is 2.85. The zero-order chi connectivity index (χ0) is 66.5. The Morgan fingerprint density at radius 2 is 1.31 bits per heavy atom. The van der Waals surface area contributed by atoms with Crippen LogP contribution >= 0.6 is 11.8 Å². The second-order valence-electron chi connectivity index (χ2n) is 23.3. The molecule has 0 spiro atoms. The number of nitrogens with two attached hydrogens (primary N) is 3. The van der Waals surface area contributed by atoms with Crippen molar-refractivity contribution in [2.75, 3.05) is 104 Å². The first kappa shape index (κ1) is 76.0. The Balaban J connectivity index is 1.72. The maximum atomic E-state index is 14.3. The predicted octanol–water partition coefficient (Wildman–Crippen LogP) is 6.39.